The van der Waals surface area contributed by atoms with Crippen LogP contribution in [0.2, 0.25) is 5.15 Å². The summed E-state index contributed by atoms with van der Waals surface area (Å²) in [5.74, 6) is 0.348. The Kier molecular flexibility index (Phi) is 4.89. The highest BCUT2D eigenvalue weighted by molar-refractivity contribution is 7.91. The maximum atomic E-state index is 12.9. The van der Waals surface area contributed by atoms with Crippen LogP contribution in [0.5, 0.6) is 0 Å². The van der Waals surface area contributed by atoms with E-state index < -0.39 is 9.84 Å². The van der Waals surface area contributed by atoms with Crippen molar-refractivity contribution in [2.75, 3.05) is 5.32 Å². The molecule has 1 aliphatic carbocycles. The molecule has 6 nitrogen and oxygen atoms in total. The van der Waals surface area contributed by atoms with E-state index in [1.807, 2.05) is 0 Å². The lowest BCUT2D eigenvalue weighted by atomic mass is 9.79. The summed E-state index contributed by atoms with van der Waals surface area (Å²) < 4.78 is 25.7. The van der Waals surface area contributed by atoms with E-state index in [2.05, 4.69) is 34.1 Å². The molecule has 0 amide bonds. The second-order valence-corrected chi connectivity index (χ2v) is 11.0. The van der Waals surface area contributed by atoms with Crippen molar-refractivity contribution in [2.24, 2.45) is 5.41 Å². The zero-order valence-corrected chi connectivity index (χ0v) is 17.8. The van der Waals surface area contributed by atoms with Crippen molar-refractivity contribution < 1.29 is 8.42 Å². The topological polar surface area (TPSA) is 84.8 Å². The molecule has 0 aromatic carbocycles. The lowest BCUT2D eigenvalue weighted by Gasteiger charge is -2.28. The number of hydrogen-bond donors (Lipinski definition) is 1. The Morgan fingerprint density at radius 3 is 2.79 bits per heavy atom. The number of anilines is 2. The minimum Gasteiger partial charge on any atom is -0.316 e. The number of aromatic nitrogens is 3. The number of nitrogens with one attached hydrogen (secondary N) is 1. The highest BCUT2D eigenvalue weighted by Crippen LogP contribution is 2.39. The minimum atomic E-state index is -3.74. The normalized spacial score (nSPS) is 15.8. The number of hydrogen-bond acceptors (Lipinski definition) is 7. The molecular formula is C19H19ClN4O2S2. The third-order valence-electron chi connectivity index (χ3n) is 4.71. The summed E-state index contributed by atoms with van der Waals surface area (Å²) in [4.78, 5) is 14.2. The Bertz CT molecular complexity index is 1130. The molecule has 146 valence electrons. The fraction of sp³-hybridized carbons (Fsp3) is 0.316. The summed E-state index contributed by atoms with van der Waals surface area (Å²) in [7, 11) is -3.74. The number of fused-ring (bicyclic) bond motifs is 1. The van der Waals surface area contributed by atoms with Crippen molar-refractivity contribution in [2.45, 2.75) is 42.9 Å². The quantitative estimate of drug-likeness (QED) is 0.600. The summed E-state index contributed by atoms with van der Waals surface area (Å²) in [5.41, 5.74) is 1.38. The van der Waals surface area contributed by atoms with Crippen molar-refractivity contribution in [3.63, 3.8) is 0 Å². The molecule has 4 rings (SSSR count). The second-order valence-electron chi connectivity index (χ2n) is 7.56. The fourth-order valence-corrected chi connectivity index (χ4v) is 6.00. The van der Waals surface area contributed by atoms with Gasteiger partial charge in [0, 0.05) is 23.3 Å². The van der Waals surface area contributed by atoms with Crippen LogP contribution in [-0.2, 0) is 22.7 Å². The largest absolute Gasteiger partial charge is 0.316 e. The molecule has 1 N–H and O–H groups in total. The average molecular weight is 435 g/mol. The van der Waals surface area contributed by atoms with Crippen LogP contribution in [0.3, 0.4) is 0 Å². The molecule has 1 aliphatic rings. The van der Waals surface area contributed by atoms with E-state index in [4.69, 9.17) is 11.6 Å². The molecule has 0 bridgehead atoms. The first-order chi connectivity index (χ1) is 13.2. The molecule has 0 aliphatic heterocycles. The first-order valence-corrected chi connectivity index (χ1v) is 11.5. The van der Waals surface area contributed by atoms with Gasteiger partial charge < -0.3 is 5.32 Å². The zero-order chi connectivity index (χ0) is 19.9. The Labute approximate surface area is 173 Å². The Morgan fingerprint density at radius 1 is 1.21 bits per heavy atom. The Balaban J connectivity index is 1.65. The van der Waals surface area contributed by atoms with Gasteiger partial charge in [-0.25, -0.2) is 18.4 Å². The molecule has 0 atom stereocenters. The van der Waals surface area contributed by atoms with Gasteiger partial charge in [-0.1, -0.05) is 25.4 Å². The molecule has 3 aromatic rings. The van der Waals surface area contributed by atoms with Crippen LogP contribution in [0.1, 0.15) is 30.8 Å². The smallest absolute Gasteiger partial charge is 0.208 e. The van der Waals surface area contributed by atoms with E-state index >= 15 is 0 Å². The summed E-state index contributed by atoms with van der Waals surface area (Å²) in [6, 6.07) is 5.89. The van der Waals surface area contributed by atoms with Crippen LogP contribution >= 0.6 is 22.9 Å². The summed E-state index contributed by atoms with van der Waals surface area (Å²) in [6.07, 6.45) is 5.88. The number of nitrogens with zero attached hydrogens (tertiary/aromatic N) is 3. The van der Waals surface area contributed by atoms with Gasteiger partial charge in [0.2, 0.25) is 9.84 Å². The van der Waals surface area contributed by atoms with Gasteiger partial charge in [0.15, 0.2) is 5.13 Å². The van der Waals surface area contributed by atoms with E-state index in [0.717, 1.165) is 25.0 Å². The fourth-order valence-electron chi connectivity index (χ4n) is 3.19. The van der Waals surface area contributed by atoms with Crippen molar-refractivity contribution in [1.82, 2.24) is 15.0 Å². The molecule has 0 saturated heterocycles. The first-order valence-electron chi connectivity index (χ1n) is 8.81. The van der Waals surface area contributed by atoms with Crippen molar-refractivity contribution in [1.29, 1.82) is 0 Å². The first kappa shape index (κ1) is 19.3. The van der Waals surface area contributed by atoms with Crippen LogP contribution in [0.25, 0.3) is 0 Å². The van der Waals surface area contributed by atoms with E-state index in [9.17, 15) is 8.42 Å². The highest BCUT2D eigenvalue weighted by atomic mass is 35.5. The lowest BCUT2D eigenvalue weighted by molar-refractivity contribution is 0.316. The molecule has 0 fully saturated rings. The van der Waals surface area contributed by atoms with E-state index in [0.29, 0.717) is 10.9 Å². The van der Waals surface area contributed by atoms with Gasteiger partial charge in [0.25, 0.3) is 0 Å². The maximum absolute atomic E-state index is 12.9. The molecule has 0 saturated carbocycles. The number of rotatable bonds is 4. The predicted molar refractivity (Wildman–Crippen MR) is 110 cm³/mol. The highest BCUT2D eigenvalue weighted by Gasteiger charge is 2.28. The molecular weight excluding hydrogens is 416 g/mol. The molecule has 0 spiro atoms. The Hall–Kier alpha value is -2.03. The van der Waals surface area contributed by atoms with Crippen LogP contribution in [0, 0.1) is 5.41 Å². The van der Waals surface area contributed by atoms with Gasteiger partial charge in [-0.3, -0.25) is 4.98 Å². The van der Waals surface area contributed by atoms with Crippen molar-refractivity contribution >= 4 is 43.7 Å². The van der Waals surface area contributed by atoms with Gasteiger partial charge >= 0.3 is 0 Å². The molecule has 0 radical (unpaired) electrons. The van der Waals surface area contributed by atoms with Crippen LogP contribution in [0.4, 0.5) is 10.9 Å². The zero-order valence-electron chi connectivity index (χ0n) is 15.4. The number of pyridine rings is 2. The third-order valence-corrected chi connectivity index (χ3v) is 7.64. The SMILES string of the molecule is CC1(C)CCc2nc(Nc3cc(S(=O)(=O)c4cccnc4)cc(Cl)n3)sc2C1. The molecule has 3 heterocycles. The lowest BCUT2D eigenvalue weighted by Crippen LogP contribution is -2.20. The van der Waals surface area contributed by atoms with Gasteiger partial charge in [0.05, 0.1) is 15.5 Å². The van der Waals surface area contributed by atoms with E-state index in [-0.39, 0.29) is 20.4 Å². The van der Waals surface area contributed by atoms with Gasteiger partial charge in [-0.15, -0.1) is 11.3 Å². The second kappa shape index (κ2) is 7.09. The van der Waals surface area contributed by atoms with E-state index in [1.54, 1.807) is 17.4 Å². The average Bonchev–Trinajstić information content (AvgIpc) is 3.02. The number of thiazole rings is 1. The number of halogens is 1. The van der Waals surface area contributed by atoms with Crippen LogP contribution < -0.4 is 5.32 Å². The van der Waals surface area contributed by atoms with E-state index in [1.165, 1.54) is 35.5 Å². The van der Waals surface area contributed by atoms with Gasteiger partial charge in [0.1, 0.15) is 11.0 Å². The van der Waals surface area contributed by atoms with Crippen LogP contribution in [0.15, 0.2) is 46.5 Å². The molecule has 3 aromatic heterocycles. The van der Waals surface area contributed by atoms with Crippen LogP contribution in [-0.4, -0.2) is 23.4 Å². The number of aryl methyl sites for hydroxylation is 1. The standard InChI is InChI=1S/C19H19ClN4O2S2/c1-19(2)6-5-14-15(10-19)27-18(22-14)24-17-9-13(8-16(20)23-17)28(25,26)12-4-3-7-21-11-12/h3-4,7-9,11H,5-6,10H2,1-2H3,(H,22,23,24). The maximum Gasteiger partial charge on any atom is 0.208 e. The molecule has 0 unspecified atom stereocenters. The molecule has 9 heteroatoms. The summed E-state index contributed by atoms with van der Waals surface area (Å²) in [6.45, 7) is 4.52. The monoisotopic (exact) mass is 434 g/mol. The van der Waals surface area contributed by atoms with Gasteiger partial charge in [-0.2, -0.15) is 0 Å². The third kappa shape index (κ3) is 3.90. The minimum absolute atomic E-state index is 0.0606. The predicted octanol–water partition coefficient (Wildman–Crippen LogP) is 4.68. The van der Waals surface area contributed by atoms with Gasteiger partial charge in [-0.05, 0) is 42.9 Å². The summed E-state index contributed by atoms with van der Waals surface area (Å²) in [5, 5.41) is 3.91. The summed E-state index contributed by atoms with van der Waals surface area (Å²) >= 11 is 7.68. The Morgan fingerprint density at radius 2 is 2.04 bits per heavy atom. The van der Waals surface area contributed by atoms with Crippen molar-refractivity contribution in [3.8, 4) is 0 Å². The number of sulfone groups is 1. The molecule has 28 heavy (non-hydrogen) atoms. The van der Waals surface area contributed by atoms with Crippen molar-refractivity contribution in [3.05, 3.63) is 52.4 Å².